The first kappa shape index (κ1) is 12.0. The van der Waals surface area contributed by atoms with Gasteiger partial charge < -0.3 is 5.73 Å². The topological polar surface area (TPSA) is 29.3 Å². The molecule has 0 bridgehead atoms. The van der Waals surface area contributed by atoms with Crippen LogP contribution in [0.1, 0.15) is 52.4 Å². The van der Waals surface area contributed by atoms with Crippen LogP contribution in [0, 0.1) is 0 Å². The first-order valence-corrected chi connectivity index (χ1v) is 6.29. The summed E-state index contributed by atoms with van der Waals surface area (Å²) < 4.78 is 0. The molecule has 0 aromatic rings. The highest BCUT2D eigenvalue weighted by Crippen LogP contribution is 2.21. The van der Waals surface area contributed by atoms with Gasteiger partial charge in [-0.05, 0) is 32.2 Å². The Balaban J connectivity index is 2.58. The summed E-state index contributed by atoms with van der Waals surface area (Å²) in [6.07, 6.45) is 7.99. The Bertz CT molecular complexity index is 143. The van der Waals surface area contributed by atoms with E-state index in [2.05, 4.69) is 18.7 Å². The minimum absolute atomic E-state index is 0.655. The fourth-order valence-corrected chi connectivity index (χ4v) is 2.69. The second-order valence-electron chi connectivity index (χ2n) is 4.45. The minimum atomic E-state index is 0.655. The summed E-state index contributed by atoms with van der Waals surface area (Å²) in [5, 5.41) is 0. The van der Waals surface area contributed by atoms with Crippen molar-refractivity contribution in [2.75, 3.05) is 13.1 Å². The molecule has 1 atom stereocenters. The van der Waals surface area contributed by atoms with Crippen LogP contribution in [0.2, 0.25) is 0 Å². The Morgan fingerprint density at radius 2 is 1.93 bits per heavy atom. The Morgan fingerprint density at radius 1 is 1.21 bits per heavy atom. The Hall–Kier alpha value is -0.0800. The number of hydrogen-bond donors (Lipinski definition) is 1. The van der Waals surface area contributed by atoms with E-state index in [0.717, 1.165) is 12.6 Å². The first-order valence-electron chi connectivity index (χ1n) is 6.29. The van der Waals surface area contributed by atoms with Crippen molar-refractivity contribution >= 4 is 0 Å². The minimum Gasteiger partial charge on any atom is -0.329 e. The van der Waals surface area contributed by atoms with Crippen molar-refractivity contribution in [3.63, 3.8) is 0 Å². The molecule has 0 amide bonds. The molecule has 0 aliphatic carbocycles. The maximum absolute atomic E-state index is 5.87. The zero-order chi connectivity index (χ0) is 10.4. The van der Waals surface area contributed by atoms with Crippen LogP contribution in [0.25, 0.3) is 0 Å². The molecule has 1 heterocycles. The summed E-state index contributed by atoms with van der Waals surface area (Å²) in [5.74, 6) is 0. The molecule has 0 aromatic carbocycles. The second kappa shape index (κ2) is 6.41. The van der Waals surface area contributed by atoms with Gasteiger partial charge in [0.05, 0.1) is 0 Å². The van der Waals surface area contributed by atoms with Gasteiger partial charge in [-0.2, -0.15) is 0 Å². The highest BCUT2D eigenvalue weighted by atomic mass is 15.2. The van der Waals surface area contributed by atoms with Crippen molar-refractivity contribution < 1.29 is 0 Å². The van der Waals surface area contributed by atoms with Crippen molar-refractivity contribution in [1.82, 2.24) is 4.90 Å². The van der Waals surface area contributed by atoms with Crippen molar-refractivity contribution in [2.45, 2.75) is 64.5 Å². The summed E-state index contributed by atoms with van der Waals surface area (Å²) >= 11 is 0. The van der Waals surface area contributed by atoms with Gasteiger partial charge in [0, 0.05) is 18.6 Å². The average Bonchev–Trinajstić information content (AvgIpc) is 2.45. The van der Waals surface area contributed by atoms with Crippen molar-refractivity contribution in [1.29, 1.82) is 0 Å². The second-order valence-corrected chi connectivity index (χ2v) is 4.45. The van der Waals surface area contributed by atoms with Gasteiger partial charge >= 0.3 is 0 Å². The lowest BCUT2D eigenvalue weighted by Crippen LogP contribution is -2.46. The molecule has 1 saturated heterocycles. The molecule has 1 aliphatic rings. The van der Waals surface area contributed by atoms with Crippen LogP contribution in [0.3, 0.4) is 0 Å². The molecule has 14 heavy (non-hydrogen) atoms. The molecule has 1 fully saturated rings. The standard InChI is InChI=1S/C12H26N2/c1-3-11(4-2)14-9-7-5-6-8-12(14)10-13/h11-12H,3-10,13H2,1-2H3. The predicted molar refractivity (Wildman–Crippen MR) is 62.4 cm³/mol. The van der Waals surface area contributed by atoms with E-state index in [0.29, 0.717) is 6.04 Å². The van der Waals surface area contributed by atoms with Crippen LogP contribution < -0.4 is 5.73 Å². The molecule has 0 spiro atoms. The van der Waals surface area contributed by atoms with Crippen LogP contribution in [0.15, 0.2) is 0 Å². The fourth-order valence-electron chi connectivity index (χ4n) is 2.69. The summed E-state index contributed by atoms with van der Waals surface area (Å²) in [7, 11) is 0. The van der Waals surface area contributed by atoms with Crippen LogP contribution in [-0.4, -0.2) is 30.1 Å². The van der Waals surface area contributed by atoms with Gasteiger partial charge in [0.15, 0.2) is 0 Å². The van der Waals surface area contributed by atoms with Gasteiger partial charge in [0.2, 0.25) is 0 Å². The van der Waals surface area contributed by atoms with Gasteiger partial charge in [-0.3, -0.25) is 4.90 Å². The summed E-state index contributed by atoms with van der Waals surface area (Å²) in [5.41, 5.74) is 5.87. The first-order chi connectivity index (χ1) is 6.83. The SMILES string of the molecule is CCC(CC)N1CCCCCC1CN. The smallest absolute Gasteiger partial charge is 0.0221 e. The van der Waals surface area contributed by atoms with Gasteiger partial charge in [-0.1, -0.05) is 26.7 Å². The van der Waals surface area contributed by atoms with Crippen LogP contribution in [0.5, 0.6) is 0 Å². The molecule has 1 rings (SSSR count). The number of likely N-dealkylation sites (tertiary alicyclic amines) is 1. The van der Waals surface area contributed by atoms with E-state index in [1.54, 1.807) is 0 Å². The molecule has 0 radical (unpaired) electrons. The van der Waals surface area contributed by atoms with Gasteiger partial charge in [0.25, 0.3) is 0 Å². The maximum Gasteiger partial charge on any atom is 0.0221 e. The third-order valence-corrected chi connectivity index (χ3v) is 3.61. The largest absolute Gasteiger partial charge is 0.329 e. The van der Waals surface area contributed by atoms with Crippen molar-refractivity contribution in [3.05, 3.63) is 0 Å². The molecular weight excluding hydrogens is 172 g/mol. The molecule has 2 nitrogen and oxygen atoms in total. The molecule has 2 heteroatoms. The van der Waals surface area contributed by atoms with E-state index in [9.17, 15) is 0 Å². The molecule has 0 saturated carbocycles. The third kappa shape index (κ3) is 2.96. The van der Waals surface area contributed by atoms with E-state index in [1.807, 2.05) is 0 Å². The molecule has 1 unspecified atom stereocenters. The van der Waals surface area contributed by atoms with E-state index < -0.39 is 0 Å². The Morgan fingerprint density at radius 3 is 2.50 bits per heavy atom. The Kier molecular flexibility index (Phi) is 5.49. The fraction of sp³-hybridized carbons (Fsp3) is 1.00. The maximum atomic E-state index is 5.87. The number of rotatable bonds is 4. The van der Waals surface area contributed by atoms with Gasteiger partial charge in [-0.25, -0.2) is 0 Å². The number of nitrogens with two attached hydrogens (primary N) is 1. The molecule has 0 aromatic heterocycles. The summed E-state index contributed by atoms with van der Waals surface area (Å²) in [6, 6.07) is 1.42. The number of hydrogen-bond acceptors (Lipinski definition) is 2. The zero-order valence-corrected chi connectivity index (χ0v) is 9.84. The third-order valence-electron chi connectivity index (χ3n) is 3.61. The number of nitrogens with zero attached hydrogens (tertiary/aromatic N) is 1. The summed E-state index contributed by atoms with van der Waals surface area (Å²) in [6.45, 7) is 6.71. The molecule has 84 valence electrons. The quantitative estimate of drug-likeness (QED) is 0.751. The lowest BCUT2D eigenvalue weighted by Gasteiger charge is -2.35. The van der Waals surface area contributed by atoms with Crippen molar-refractivity contribution in [3.8, 4) is 0 Å². The Labute approximate surface area is 88.8 Å². The normalized spacial score (nSPS) is 25.3. The van der Waals surface area contributed by atoms with Gasteiger partial charge in [-0.15, -0.1) is 0 Å². The highest BCUT2D eigenvalue weighted by Gasteiger charge is 2.24. The highest BCUT2D eigenvalue weighted by molar-refractivity contribution is 4.81. The van der Waals surface area contributed by atoms with E-state index in [1.165, 1.54) is 45.1 Å². The van der Waals surface area contributed by atoms with Crippen LogP contribution >= 0.6 is 0 Å². The lowest BCUT2D eigenvalue weighted by atomic mass is 10.1. The average molecular weight is 198 g/mol. The van der Waals surface area contributed by atoms with E-state index in [-0.39, 0.29) is 0 Å². The van der Waals surface area contributed by atoms with E-state index >= 15 is 0 Å². The van der Waals surface area contributed by atoms with Gasteiger partial charge in [0.1, 0.15) is 0 Å². The molecule has 2 N–H and O–H groups in total. The lowest BCUT2D eigenvalue weighted by molar-refractivity contribution is 0.132. The van der Waals surface area contributed by atoms with Crippen LogP contribution in [0.4, 0.5) is 0 Å². The molecule has 1 aliphatic heterocycles. The van der Waals surface area contributed by atoms with E-state index in [4.69, 9.17) is 5.73 Å². The monoisotopic (exact) mass is 198 g/mol. The van der Waals surface area contributed by atoms with Crippen LogP contribution in [-0.2, 0) is 0 Å². The summed E-state index contributed by atoms with van der Waals surface area (Å²) in [4.78, 5) is 2.67. The zero-order valence-electron chi connectivity index (χ0n) is 9.84. The van der Waals surface area contributed by atoms with Crippen molar-refractivity contribution in [2.24, 2.45) is 5.73 Å². The predicted octanol–water partition coefficient (Wildman–Crippen LogP) is 2.38. The molecular formula is C12H26N2.